The molecule has 0 saturated carbocycles. The minimum absolute atomic E-state index is 0.0625. The van der Waals surface area contributed by atoms with E-state index in [2.05, 4.69) is 22.5 Å². The molecule has 2 atom stereocenters. The van der Waals surface area contributed by atoms with Crippen LogP contribution in [0.25, 0.3) is 10.6 Å². The Bertz CT molecular complexity index is 611. The van der Waals surface area contributed by atoms with Gasteiger partial charge in [0.2, 0.25) is 0 Å². The van der Waals surface area contributed by atoms with Crippen molar-refractivity contribution in [3.8, 4) is 10.6 Å². The highest BCUT2D eigenvalue weighted by molar-refractivity contribution is 7.13. The monoisotopic (exact) mass is 301 g/mol. The number of piperidine rings is 1. The third-order valence-corrected chi connectivity index (χ3v) is 4.61. The van der Waals surface area contributed by atoms with Crippen LogP contribution in [0.15, 0.2) is 35.7 Å². The molecule has 0 bridgehead atoms. The normalized spacial score (nSPS) is 22.0. The first-order chi connectivity index (χ1) is 10.2. The number of nitrogens with one attached hydrogen (secondary N) is 2. The molecular formula is C16H19N3OS. The van der Waals surface area contributed by atoms with Crippen LogP contribution in [0.1, 0.15) is 30.3 Å². The van der Waals surface area contributed by atoms with E-state index in [9.17, 15) is 4.79 Å². The SMILES string of the molecule is CC1CC(NC(=O)c2csc(-c3ccccc3)n2)CCN1. The quantitative estimate of drug-likeness (QED) is 0.916. The van der Waals surface area contributed by atoms with Crippen LogP contribution in [0.5, 0.6) is 0 Å². The lowest BCUT2D eigenvalue weighted by atomic mass is 10.0. The van der Waals surface area contributed by atoms with E-state index in [1.54, 1.807) is 0 Å². The van der Waals surface area contributed by atoms with Gasteiger partial charge < -0.3 is 10.6 Å². The lowest BCUT2D eigenvalue weighted by molar-refractivity contribution is 0.0921. The van der Waals surface area contributed by atoms with E-state index in [-0.39, 0.29) is 11.9 Å². The first-order valence-electron chi connectivity index (χ1n) is 7.27. The van der Waals surface area contributed by atoms with Crippen molar-refractivity contribution >= 4 is 17.2 Å². The average molecular weight is 301 g/mol. The van der Waals surface area contributed by atoms with Gasteiger partial charge in [0.1, 0.15) is 10.7 Å². The van der Waals surface area contributed by atoms with Gasteiger partial charge in [0.15, 0.2) is 0 Å². The first kappa shape index (κ1) is 14.2. The lowest BCUT2D eigenvalue weighted by Crippen LogP contribution is -2.46. The molecule has 2 heterocycles. The summed E-state index contributed by atoms with van der Waals surface area (Å²) in [6.07, 6.45) is 1.95. The number of carbonyl (C=O) groups excluding carboxylic acids is 1. The summed E-state index contributed by atoms with van der Waals surface area (Å²) in [6, 6.07) is 10.7. The van der Waals surface area contributed by atoms with Gasteiger partial charge in [-0.3, -0.25) is 4.79 Å². The average Bonchev–Trinajstić information content (AvgIpc) is 2.98. The molecule has 0 spiro atoms. The summed E-state index contributed by atoms with van der Waals surface area (Å²) in [5, 5.41) is 9.21. The number of aromatic nitrogens is 1. The van der Waals surface area contributed by atoms with Gasteiger partial charge in [-0.1, -0.05) is 30.3 Å². The summed E-state index contributed by atoms with van der Waals surface area (Å²) >= 11 is 1.51. The predicted molar refractivity (Wildman–Crippen MR) is 85.5 cm³/mol. The number of amides is 1. The molecule has 1 amide bonds. The van der Waals surface area contributed by atoms with Crippen LogP contribution in [0.4, 0.5) is 0 Å². The number of hydrogen-bond acceptors (Lipinski definition) is 4. The molecule has 1 aromatic carbocycles. The molecule has 5 heteroatoms. The molecule has 4 nitrogen and oxygen atoms in total. The van der Waals surface area contributed by atoms with Gasteiger partial charge in [-0.2, -0.15) is 0 Å². The van der Waals surface area contributed by atoms with E-state index in [1.165, 1.54) is 11.3 Å². The van der Waals surface area contributed by atoms with Crippen molar-refractivity contribution in [1.82, 2.24) is 15.6 Å². The van der Waals surface area contributed by atoms with Gasteiger partial charge in [0, 0.05) is 23.0 Å². The highest BCUT2D eigenvalue weighted by Crippen LogP contribution is 2.23. The van der Waals surface area contributed by atoms with Crippen LogP contribution < -0.4 is 10.6 Å². The summed E-state index contributed by atoms with van der Waals surface area (Å²) in [6.45, 7) is 3.10. The van der Waals surface area contributed by atoms with Crippen LogP contribution in [0.2, 0.25) is 0 Å². The third-order valence-electron chi connectivity index (χ3n) is 3.72. The van der Waals surface area contributed by atoms with Crippen LogP contribution in [-0.4, -0.2) is 29.5 Å². The molecule has 1 aliphatic rings. The zero-order chi connectivity index (χ0) is 14.7. The van der Waals surface area contributed by atoms with Crippen molar-refractivity contribution in [2.75, 3.05) is 6.54 Å². The number of nitrogens with zero attached hydrogens (tertiary/aromatic N) is 1. The molecular weight excluding hydrogens is 282 g/mol. The Morgan fingerprint density at radius 2 is 2.19 bits per heavy atom. The number of rotatable bonds is 3. The van der Waals surface area contributed by atoms with Gasteiger partial charge in [-0.15, -0.1) is 11.3 Å². The van der Waals surface area contributed by atoms with E-state index < -0.39 is 0 Å². The smallest absolute Gasteiger partial charge is 0.270 e. The zero-order valence-corrected chi connectivity index (χ0v) is 12.8. The minimum atomic E-state index is -0.0625. The van der Waals surface area contributed by atoms with Crippen molar-refractivity contribution in [2.45, 2.75) is 31.8 Å². The summed E-state index contributed by atoms with van der Waals surface area (Å²) in [4.78, 5) is 16.7. The van der Waals surface area contributed by atoms with Crippen molar-refractivity contribution in [3.63, 3.8) is 0 Å². The first-order valence-corrected chi connectivity index (χ1v) is 8.15. The van der Waals surface area contributed by atoms with E-state index >= 15 is 0 Å². The van der Waals surface area contributed by atoms with E-state index in [4.69, 9.17) is 0 Å². The lowest BCUT2D eigenvalue weighted by Gasteiger charge is -2.28. The molecule has 1 saturated heterocycles. The van der Waals surface area contributed by atoms with Crippen LogP contribution in [-0.2, 0) is 0 Å². The summed E-state index contributed by atoms with van der Waals surface area (Å²) in [7, 11) is 0. The molecule has 0 radical (unpaired) electrons. The second-order valence-corrected chi connectivity index (χ2v) is 6.31. The number of thiazole rings is 1. The molecule has 21 heavy (non-hydrogen) atoms. The van der Waals surface area contributed by atoms with Crippen molar-refractivity contribution < 1.29 is 4.79 Å². The zero-order valence-electron chi connectivity index (χ0n) is 12.0. The highest BCUT2D eigenvalue weighted by Gasteiger charge is 2.21. The highest BCUT2D eigenvalue weighted by atomic mass is 32.1. The van der Waals surface area contributed by atoms with Crippen LogP contribution >= 0.6 is 11.3 Å². The topological polar surface area (TPSA) is 54.0 Å². The fraction of sp³-hybridized carbons (Fsp3) is 0.375. The summed E-state index contributed by atoms with van der Waals surface area (Å²) in [5.41, 5.74) is 1.57. The Labute approximate surface area is 128 Å². The Morgan fingerprint density at radius 3 is 2.95 bits per heavy atom. The van der Waals surface area contributed by atoms with Crippen molar-refractivity contribution in [1.29, 1.82) is 0 Å². The molecule has 2 unspecified atom stereocenters. The Hall–Kier alpha value is -1.72. The van der Waals surface area contributed by atoms with Crippen LogP contribution in [0, 0.1) is 0 Å². The van der Waals surface area contributed by atoms with Gasteiger partial charge in [-0.05, 0) is 26.3 Å². The third kappa shape index (κ3) is 3.49. The number of benzene rings is 1. The molecule has 1 fully saturated rings. The molecule has 0 aliphatic carbocycles. The summed E-state index contributed by atoms with van der Waals surface area (Å²) < 4.78 is 0. The standard InChI is InChI=1S/C16H19N3OS/c1-11-9-13(7-8-17-11)18-15(20)14-10-21-16(19-14)12-5-3-2-4-6-12/h2-6,10-11,13,17H,7-9H2,1H3,(H,18,20). The number of carbonyl (C=O) groups is 1. The van der Waals surface area contributed by atoms with Gasteiger partial charge in [0.05, 0.1) is 0 Å². The van der Waals surface area contributed by atoms with E-state index in [0.29, 0.717) is 11.7 Å². The molecule has 1 aliphatic heterocycles. The molecule has 3 rings (SSSR count). The maximum atomic E-state index is 12.3. The van der Waals surface area contributed by atoms with E-state index in [0.717, 1.165) is 30.0 Å². The minimum Gasteiger partial charge on any atom is -0.348 e. The fourth-order valence-electron chi connectivity index (χ4n) is 2.61. The predicted octanol–water partition coefficient (Wildman–Crippen LogP) is 2.68. The Balaban J connectivity index is 1.67. The second-order valence-electron chi connectivity index (χ2n) is 5.45. The fourth-order valence-corrected chi connectivity index (χ4v) is 3.42. The van der Waals surface area contributed by atoms with E-state index in [1.807, 2.05) is 35.7 Å². The van der Waals surface area contributed by atoms with Gasteiger partial charge >= 0.3 is 0 Å². The van der Waals surface area contributed by atoms with Crippen molar-refractivity contribution in [2.24, 2.45) is 0 Å². The largest absolute Gasteiger partial charge is 0.348 e. The van der Waals surface area contributed by atoms with Gasteiger partial charge in [-0.25, -0.2) is 4.98 Å². The van der Waals surface area contributed by atoms with Crippen LogP contribution in [0.3, 0.4) is 0 Å². The Kier molecular flexibility index (Phi) is 4.31. The molecule has 2 aromatic rings. The maximum Gasteiger partial charge on any atom is 0.270 e. The molecule has 110 valence electrons. The molecule has 2 N–H and O–H groups in total. The Morgan fingerprint density at radius 1 is 1.38 bits per heavy atom. The van der Waals surface area contributed by atoms with Crippen molar-refractivity contribution in [3.05, 3.63) is 41.4 Å². The number of hydrogen-bond donors (Lipinski definition) is 2. The van der Waals surface area contributed by atoms with Gasteiger partial charge in [0.25, 0.3) is 5.91 Å². The second kappa shape index (κ2) is 6.37. The summed E-state index contributed by atoms with van der Waals surface area (Å²) in [5.74, 6) is -0.0625. The maximum absolute atomic E-state index is 12.3. The molecule has 1 aromatic heterocycles.